The first-order valence-corrected chi connectivity index (χ1v) is 14.9. The maximum absolute atomic E-state index is 13.9. The van der Waals surface area contributed by atoms with Gasteiger partial charge in [0.2, 0.25) is 0 Å². The van der Waals surface area contributed by atoms with Crippen molar-refractivity contribution in [2.75, 3.05) is 22.9 Å². The predicted molar refractivity (Wildman–Crippen MR) is 168 cm³/mol. The highest BCUT2D eigenvalue weighted by atomic mass is 32.2. The van der Waals surface area contributed by atoms with Gasteiger partial charge in [-0.2, -0.15) is 0 Å². The summed E-state index contributed by atoms with van der Waals surface area (Å²) in [6.45, 7) is 5.29. The third kappa shape index (κ3) is 4.72. The van der Waals surface area contributed by atoms with E-state index in [2.05, 4.69) is 4.90 Å². The van der Waals surface area contributed by atoms with Crippen molar-refractivity contribution in [2.45, 2.75) is 39.5 Å². The van der Waals surface area contributed by atoms with Crippen molar-refractivity contribution >= 4 is 57.4 Å². The van der Waals surface area contributed by atoms with E-state index in [0.29, 0.717) is 28.4 Å². The van der Waals surface area contributed by atoms with Gasteiger partial charge in [-0.05, 0) is 56.5 Å². The largest absolute Gasteiger partial charge is 0.356 e. The molecule has 2 saturated heterocycles. The molecule has 1 amide bonds. The van der Waals surface area contributed by atoms with Gasteiger partial charge in [0, 0.05) is 26.3 Å². The molecule has 2 fully saturated rings. The highest BCUT2D eigenvalue weighted by Crippen LogP contribution is 2.37. The maximum atomic E-state index is 13.9. The molecule has 4 aromatic rings. The lowest BCUT2D eigenvalue weighted by molar-refractivity contribution is -0.113. The molecule has 9 nitrogen and oxygen atoms in total. The van der Waals surface area contributed by atoms with Crippen molar-refractivity contribution in [3.05, 3.63) is 91.1 Å². The van der Waals surface area contributed by atoms with Crippen molar-refractivity contribution in [3.8, 4) is 5.69 Å². The van der Waals surface area contributed by atoms with Crippen LogP contribution in [0.5, 0.6) is 0 Å². The number of aromatic nitrogens is 4. The Kier molecular flexibility index (Phi) is 7.16. The van der Waals surface area contributed by atoms with Crippen LogP contribution in [0.25, 0.3) is 17.4 Å². The number of rotatable bonds is 4. The molecule has 6 rings (SSSR count). The molecule has 0 unspecified atom stereocenters. The number of thiocarbonyl (C=S) groups is 1. The summed E-state index contributed by atoms with van der Waals surface area (Å²) in [6.07, 6.45) is 7.66. The lowest BCUT2D eigenvalue weighted by Gasteiger charge is -2.23. The van der Waals surface area contributed by atoms with Crippen LogP contribution in [0.3, 0.4) is 0 Å². The number of benzene rings is 1. The Balaban J connectivity index is 1.47. The number of aryl methyl sites for hydroxylation is 1. The minimum Gasteiger partial charge on any atom is -0.356 e. The number of para-hydroxylation sites is 1. The van der Waals surface area contributed by atoms with Crippen LogP contribution < -0.4 is 20.9 Å². The molecular formula is C30H30N6O3S2. The number of carbonyl (C=O) groups is 1. The zero-order valence-electron chi connectivity index (χ0n) is 23.2. The van der Waals surface area contributed by atoms with Gasteiger partial charge in [0.1, 0.15) is 17.2 Å². The van der Waals surface area contributed by atoms with E-state index in [1.165, 1.54) is 14.0 Å². The van der Waals surface area contributed by atoms with Crippen molar-refractivity contribution in [2.24, 2.45) is 7.05 Å². The third-order valence-corrected chi connectivity index (χ3v) is 9.01. The lowest BCUT2D eigenvalue weighted by atomic mass is 10.2. The highest BCUT2D eigenvalue weighted by molar-refractivity contribution is 8.27. The second kappa shape index (κ2) is 10.8. The van der Waals surface area contributed by atoms with Crippen molar-refractivity contribution in [3.63, 3.8) is 0 Å². The number of anilines is 2. The van der Waals surface area contributed by atoms with E-state index in [1.54, 1.807) is 30.9 Å². The Morgan fingerprint density at radius 1 is 0.927 bits per heavy atom. The van der Waals surface area contributed by atoms with Crippen LogP contribution in [0.15, 0.2) is 63.2 Å². The molecule has 0 saturated carbocycles. The van der Waals surface area contributed by atoms with E-state index in [0.717, 1.165) is 56.1 Å². The van der Waals surface area contributed by atoms with E-state index in [1.807, 2.05) is 49.4 Å². The second-order valence-electron chi connectivity index (χ2n) is 10.4. The van der Waals surface area contributed by atoms with E-state index < -0.39 is 5.91 Å². The van der Waals surface area contributed by atoms with Crippen LogP contribution in [0, 0.1) is 13.8 Å². The first-order chi connectivity index (χ1) is 19.8. The summed E-state index contributed by atoms with van der Waals surface area (Å²) >= 11 is 6.74. The summed E-state index contributed by atoms with van der Waals surface area (Å²) in [7, 11) is 1.78. The van der Waals surface area contributed by atoms with E-state index in [9.17, 15) is 14.4 Å². The first kappa shape index (κ1) is 27.2. The van der Waals surface area contributed by atoms with Crippen molar-refractivity contribution < 1.29 is 4.79 Å². The number of carbonyl (C=O) groups excluding carboxylic acids is 1. The van der Waals surface area contributed by atoms with Gasteiger partial charge in [-0.3, -0.25) is 28.4 Å². The SMILES string of the molecule is Cc1ccc2nc(N3CCCCCC3)c(C=C3SC(=S)N(c4c(C)n(C)n(-c5ccccc5)c4=O)C3=O)c(=O)n2c1. The Morgan fingerprint density at radius 2 is 1.63 bits per heavy atom. The molecule has 0 N–H and O–H groups in total. The molecule has 0 radical (unpaired) electrons. The summed E-state index contributed by atoms with van der Waals surface area (Å²) in [4.78, 5) is 50.1. The summed E-state index contributed by atoms with van der Waals surface area (Å²) in [5.41, 5.74) is 2.74. The number of thioether (sulfide) groups is 1. The van der Waals surface area contributed by atoms with Gasteiger partial charge in [0.15, 0.2) is 4.32 Å². The molecule has 0 bridgehead atoms. The second-order valence-corrected chi connectivity index (χ2v) is 12.1. The molecule has 2 aliphatic rings. The topological polar surface area (TPSA) is 84.8 Å². The highest BCUT2D eigenvalue weighted by Gasteiger charge is 2.38. The molecule has 210 valence electrons. The van der Waals surface area contributed by atoms with Gasteiger partial charge < -0.3 is 4.90 Å². The van der Waals surface area contributed by atoms with Crippen LogP contribution in [0.4, 0.5) is 11.5 Å². The fraction of sp³-hybridized carbons (Fsp3) is 0.300. The normalized spacial score (nSPS) is 17.2. The van der Waals surface area contributed by atoms with Crippen LogP contribution >= 0.6 is 24.0 Å². The summed E-state index contributed by atoms with van der Waals surface area (Å²) < 4.78 is 5.01. The summed E-state index contributed by atoms with van der Waals surface area (Å²) in [5.74, 6) is 0.148. The Morgan fingerprint density at radius 3 is 2.34 bits per heavy atom. The molecule has 3 aromatic heterocycles. The number of fused-ring (bicyclic) bond motifs is 1. The molecule has 0 aliphatic carbocycles. The van der Waals surface area contributed by atoms with Crippen molar-refractivity contribution in [1.29, 1.82) is 0 Å². The smallest absolute Gasteiger partial charge is 0.296 e. The minimum absolute atomic E-state index is 0.207. The quantitative estimate of drug-likeness (QED) is 0.256. The summed E-state index contributed by atoms with van der Waals surface area (Å²) in [5, 5.41) is 0. The monoisotopic (exact) mass is 586 g/mol. The molecule has 41 heavy (non-hydrogen) atoms. The average Bonchev–Trinajstić information content (AvgIpc) is 3.20. The number of nitrogens with zero attached hydrogens (tertiary/aromatic N) is 6. The van der Waals surface area contributed by atoms with Gasteiger partial charge >= 0.3 is 0 Å². The number of hydrogen-bond donors (Lipinski definition) is 0. The average molecular weight is 587 g/mol. The van der Waals surface area contributed by atoms with E-state index in [4.69, 9.17) is 17.2 Å². The Bertz CT molecular complexity index is 1850. The molecule has 11 heteroatoms. The molecule has 0 spiro atoms. The van der Waals surface area contributed by atoms with Gasteiger partial charge in [-0.25, -0.2) is 9.67 Å². The van der Waals surface area contributed by atoms with Crippen LogP contribution in [0.1, 0.15) is 42.5 Å². The number of hydrogen-bond acceptors (Lipinski definition) is 7. The standard InChI is InChI=1S/C30H30N6O3S2/c1-19-13-14-24-31-26(33-15-9-4-5-10-16-33)22(27(37)34(24)18-19)17-23-28(38)35(30(40)41-23)25-20(2)32(3)36(29(25)39)21-11-7-6-8-12-21/h6-8,11-14,17-18H,4-5,9-10,15-16H2,1-3H3. The zero-order valence-corrected chi connectivity index (χ0v) is 24.8. The number of amides is 1. The number of pyridine rings is 1. The third-order valence-electron chi connectivity index (χ3n) is 7.71. The van der Waals surface area contributed by atoms with Crippen LogP contribution in [0.2, 0.25) is 0 Å². The van der Waals surface area contributed by atoms with Gasteiger partial charge in [0.25, 0.3) is 17.0 Å². The van der Waals surface area contributed by atoms with Gasteiger partial charge in [0.05, 0.1) is 21.8 Å². The van der Waals surface area contributed by atoms with Crippen molar-refractivity contribution in [1.82, 2.24) is 18.7 Å². The maximum Gasteiger partial charge on any atom is 0.296 e. The predicted octanol–water partition coefficient (Wildman–Crippen LogP) is 4.59. The van der Waals surface area contributed by atoms with Gasteiger partial charge in [-0.1, -0.05) is 61.1 Å². The Hall–Kier alpha value is -3.96. The lowest BCUT2D eigenvalue weighted by Crippen LogP contribution is -2.33. The first-order valence-electron chi connectivity index (χ1n) is 13.7. The molecule has 0 atom stereocenters. The van der Waals surface area contributed by atoms with Crippen LogP contribution in [-0.4, -0.2) is 42.1 Å². The fourth-order valence-corrected chi connectivity index (χ4v) is 6.75. The van der Waals surface area contributed by atoms with E-state index >= 15 is 0 Å². The van der Waals surface area contributed by atoms with E-state index in [-0.39, 0.29) is 26.0 Å². The minimum atomic E-state index is -0.429. The zero-order chi connectivity index (χ0) is 28.8. The Labute approximate surface area is 246 Å². The molecular weight excluding hydrogens is 557 g/mol. The molecule has 1 aromatic carbocycles. The molecule has 2 aliphatic heterocycles. The van der Waals surface area contributed by atoms with Gasteiger partial charge in [-0.15, -0.1) is 0 Å². The summed E-state index contributed by atoms with van der Waals surface area (Å²) in [6, 6.07) is 13.0. The molecule has 5 heterocycles. The van der Waals surface area contributed by atoms with Crippen LogP contribution in [-0.2, 0) is 11.8 Å². The fourth-order valence-electron chi connectivity index (χ4n) is 5.50.